The minimum absolute atomic E-state index is 0. The van der Waals surface area contributed by atoms with Crippen molar-refractivity contribution in [2.24, 2.45) is 0 Å². The molecule has 0 bridgehead atoms. The van der Waals surface area contributed by atoms with Crippen molar-refractivity contribution in [2.45, 2.75) is 24.9 Å². The van der Waals surface area contributed by atoms with Crippen LogP contribution in [-0.2, 0) is 10.0 Å². The number of likely N-dealkylation sites (tertiary alicyclic amines) is 1. The number of anilines is 1. The Kier molecular flexibility index (Phi) is 6.70. The van der Waals surface area contributed by atoms with Gasteiger partial charge in [0, 0.05) is 44.2 Å². The van der Waals surface area contributed by atoms with Crippen molar-refractivity contribution in [1.29, 1.82) is 0 Å². The van der Waals surface area contributed by atoms with E-state index >= 15 is 0 Å². The smallest absolute Gasteiger partial charge is 0.229 e. The molecule has 0 amide bonds. The number of Topliss-reactive ketones (excluding diaryl/α,β-unsaturated/α-hetero) is 1. The summed E-state index contributed by atoms with van der Waals surface area (Å²) in [6, 6.07) is 10.3. The molecule has 5 rings (SSSR count). The molecular formula is C22H25ClN4O6S. The van der Waals surface area contributed by atoms with Crippen molar-refractivity contribution in [3.8, 4) is 11.5 Å². The largest absolute Gasteiger partial charge is 0.492 e. The fourth-order valence-corrected chi connectivity index (χ4v) is 4.93. The average molecular weight is 509 g/mol. The first-order valence-corrected chi connectivity index (χ1v) is 12.6. The molecule has 2 aliphatic heterocycles. The van der Waals surface area contributed by atoms with E-state index in [1.165, 1.54) is 0 Å². The number of hydrogen-bond acceptors (Lipinski definition) is 9. The number of sulfonamides is 1. The molecule has 1 aromatic heterocycles. The molecule has 3 aromatic rings. The zero-order valence-electron chi connectivity index (χ0n) is 18.5. The van der Waals surface area contributed by atoms with Gasteiger partial charge in [-0.15, -0.1) is 12.4 Å². The summed E-state index contributed by atoms with van der Waals surface area (Å²) in [6.07, 6.45) is 2.83. The molecule has 3 heterocycles. The van der Waals surface area contributed by atoms with Crippen molar-refractivity contribution >= 4 is 44.9 Å². The van der Waals surface area contributed by atoms with Crippen LogP contribution in [0.4, 0.5) is 5.69 Å². The van der Waals surface area contributed by atoms with Crippen molar-refractivity contribution in [1.82, 2.24) is 15.2 Å². The summed E-state index contributed by atoms with van der Waals surface area (Å²) in [4.78, 5) is 15.1. The van der Waals surface area contributed by atoms with Crippen LogP contribution in [0.5, 0.6) is 11.5 Å². The highest BCUT2D eigenvalue weighted by Gasteiger charge is 2.43. The first kappa shape index (κ1) is 24.2. The van der Waals surface area contributed by atoms with Gasteiger partial charge in [-0.2, -0.15) is 0 Å². The molecule has 0 atom stereocenters. The number of carbonyl (C=O) groups excluding carboxylic acids is 1. The highest BCUT2D eigenvalue weighted by atomic mass is 35.5. The SMILES string of the molecule is CS(=O)(=O)Nc1ccc2c(c1)C(=O)CC1(CCN(CCOc3ccc4nonc4c3)CC1)O2.Cl. The Morgan fingerprint density at radius 2 is 1.88 bits per heavy atom. The molecule has 34 heavy (non-hydrogen) atoms. The number of nitrogens with zero attached hydrogens (tertiary/aromatic N) is 3. The maximum Gasteiger partial charge on any atom is 0.229 e. The highest BCUT2D eigenvalue weighted by molar-refractivity contribution is 7.92. The quantitative estimate of drug-likeness (QED) is 0.535. The van der Waals surface area contributed by atoms with E-state index in [9.17, 15) is 13.2 Å². The van der Waals surface area contributed by atoms with Crippen LogP contribution in [0.15, 0.2) is 41.0 Å². The molecule has 1 N–H and O–H groups in total. The number of hydrogen-bond donors (Lipinski definition) is 1. The van der Waals surface area contributed by atoms with Crippen LogP contribution in [0.1, 0.15) is 29.6 Å². The van der Waals surface area contributed by atoms with Crippen molar-refractivity contribution in [3.63, 3.8) is 0 Å². The van der Waals surface area contributed by atoms with Gasteiger partial charge in [0.05, 0.1) is 18.2 Å². The number of aromatic nitrogens is 2. The zero-order chi connectivity index (χ0) is 23.1. The molecule has 0 aliphatic carbocycles. The molecule has 10 nitrogen and oxygen atoms in total. The lowest BCUT2D eigenvalue weighted by Gasteiger charge is -2.44. The summed E-state index contributed by atoms with van der Waals surface area (Å²) in [6.45, 7) is 2.89. The Balaban J connectivity index is 0.00000274. The molecule has 0 radical (unpaired) electrons. The van der Waals surface area contributed by atoms with E-state index in [4.69, 9.17) is 14.1 Å². The number of piperidine rings is 1. The Morgan fingerprint density at radius 3 is 2.65 bits per heavy atom. The molecule has 2 aliphatic rings. The fourth-order valence-electron chi connectivity index (χ4n) is 4.38. The second kappa shape index (κ2) is 9.40. The van der Waals surface area contributed by atoms with Crippen molar-refractivity contribution in [3.05, 3.63) is 42.0 Å². The highest BCUT2D eigenvalue weighted by Crippen LogP contribution is 2.40. The van der Waals surface area contributed by atoms with Gasteiger partial charge in [-0.05, 0) is 40.6 Å². The molecule has 0 unspecified atom stereocenters. The molecule has 1 spiro atoms. The van der Waals surface area contributed by atoms with Crippen LogP contribution in [0.3, 0.4) is 0 Å². The second-order valence-corrected chi connectivity index (χ2v) is 10.3. The fraction of sp³-hybridized carbons (Fsp3) is 0.409. The number of ether oxygens (including phenoxy) is 2. The molecule has 182 valence electrons. The lowest BCUT2D eigenvalue weighted by Crippen LogP contribution is -2.51. The van der Waals surface area contributed by atoms with Crippen LogP contribution in [-0.4, -0.2) is 67.5 Å². The van der Waals surface area contributed by atoms with Gasteiger partial charge in [0.15, 0.2) is 5.78 Å². The molecule has 1 saturated heterocycles. The normalized spacial score (nSPS) is 17.6. The summed E-state index contributed by atoms with van der Waals surface area (Å²) in [5, 5.41) is 7.60. The minimum Gasteiger partial charge on any atom is -0.492 e. The second-order valence-electron chi connectivity index (χ2n) is 8.58. The summed E-state index contributed by atoms with van der Waals surface area (Å²) < 4.78 is 42.2. The van der Waals surface area contributed by atoms with Crippen molar-refractivity contribution in [2.75, 3.05) is 37.2 Å². The molecular weight excluding hydrogens is 484 g/mol. The Morgan fingerprint density at radius 1 is 1.12 bits per heavy atom. The number of carbonyl (C=O) groups is 1. The summed E-state index contributed by atoms with van der Waals surface area (Å²) in [5.74, 6) is 1.21. The third kappa shape index (κ3) is 5.26. The Labute approximate surface area is 203 Å². The van der Waals surface area contributed by atoms with E-state index in [1.54, 1.807) is 30.3 Å². The lowest BCUT2D eigenvalue weighted by atomic mass is 9.82. The zero-order valence-corrected chi connectivity index (χ0v) is 20.2. The topological polar surface area (TPSA) is 124 Å². The number of nitrogens with one attached hydrogen (secondary N) is 1. The van der Waals surface area contributed by atoms with Gasteiger partial charge >= 0.3 is 0 Å². The van der Waals surface area contributed by atoms with Gasteiger partial charge in [0.1, 0.15) is 34.7 Å². The first-order valence-electron chi connectivity index (χ1n) is 10.7. The summed E-state index contributed by atoms with van der Waals surface area (Å²) in [7, 11) is -3.41. The summed E-state index contributed by atoms with van der Waals surface area (Å²) >= 11 is 0. The number of halogens is 1. The van der Waals surface area contributed by atoms with Gasteiger partial charge in [0.2, 0.25) is 10.0 Å². The van der Waals surface area contributed by atoms with Crippen LogP contribution >= 0.6 is 12.4 Å². The van der Waals surface area contributed by atoms with Crippen LogP contribution in [0.25, 0.3) is 11.0 Å². The molecule has 12 heteroatoms. The van der Waals surface area contributed by atoms with Gasteiger partial charge in [-0.1, -0.05) is 0 Å². The van der Waals surface area contributed by atoms with E-state index < -0.39 is 15.6 Å². The van der Waals surface area contributed by atoms with E-state index in [-0.39, 0.29) is 18.2 Å². The first-order chi connectivity index (χ1) is 15.8. The van der Waals surface area contributed by atoms with Gasteiger partial charge < -0.3 is 9.47 Å². The average Bonchev–Trinajstić information content (AvgIpc) is 3.23. The van der Waals surface area contributed by atoms with E-state index in [0.29, 0.717) is 46.8 Å². The third-order valence-electron chi connectivity index (χ3n) is 6.06. The third-order valence-corrected chi connectivity index (χ3v) is 6.67. The molecule has 2 aromatic carbocycles. The van der Waals surface area contributed by atoms with Gasteiger partial charge in [-0.3, -0.25) is 14.4 Å². The van der Waals surface area contributed by atoms with E-state index in [1.807, 2.05) is 6.07 Å². The maximum absolute atomic E-state index is 12.9. The predicted molar refractivity (Wildman–Crippen MR) is 127 cm³/mol. The lowest BCUT2D eigenvalue weighted by molar-refractivity contribution is -0.0110. The monoisotopic (exact) mass is 508 g/mol. The molecule has 1 fully saturated rings. The van der Waals surface area contributed by atoms with Gasteiger partial charge in [-0.25, -0.2) is 13.0 Å². The van der Waals surface area contributed by atoms with Crippen LogP contribution in [0, 0.1) is 0 Å². The number of benzene rings is 2. The van der Waals surface area contributed by atoms with Crippen LogP contribution in [0.2, 0.25) is 0 Å². The summed E-state index contributed by atoms with van der Waals surface area (Å²) in [5.41, 5.74) is 1.61. The minimum atomic E-state index is -3.41. The number of ketones is 1. The van der Waals surface area contributed by atoms with Gasteiger partial charge in [0.25, 0.3) is 0 Å². The Bertz CT molecular complexity index is 1300. The Hall–Kier alpha value is -2.89. The van der Waals surface area contributed by atoms with E-state index in [2.05, 4.69) is 19.9 Å². The number of rotatable bonds is 6. The maximum atomic E-state index is 12.9. The standard InChI is InChI=1S/C22H24N4O6S.ClH/c1-33(28,29)25-15-2-5-21-17(12-15)20(27)14-22(31-21)6-8-26(9-7-22)10-11-30-16-3-4-18-19(13-16)24-32-23-18;/h2-5,12-13,25H,6-11,14H2,1H3;1H. The predicted octanol–water partition coefficient (Wildman–Crippen LogP) is 2.89. The van der Waals surface area contributed by atoms with Crippen LogP contribution < -0.4 is 14.2 Å². The number of fused-ring (bicyclic) bond motifs is 2. The van der Waals surface area contributed by atoms with Crippen molar-refractivity contribution < 1.29 is 27.3 Å². The molecule has 0 saturated carbocycles. The van der Waals surface area contributed by atoms with E-state index in [0.717, 1.165) is 38.7 Å².